The Morgan fingerprint density at radius 3 is 3.27 bits per heavy atom. The Balaban J connectivity index is 1.89. The van der Waals surface area contributed by atoms with Crippen molar-refractivity contribution >= 4 is 11.8 Å². The molecule has 1 saturated heterocycles. The summed E-state index contributed by atoms with van der Waals surface area (Å²) >= 11 is 1.69. The first-order chi connectivity index (χ1) is 5.36. The lowest BCUT2D eigenvalue weighted by Crippen LogP contribution is -1.96. The summed E-state index contributed by atoms with van der Waals surface area (Å²) in [5.41, 5.74) is 0. The van der Waals surface area contributed by atoms with Crippen LogP contribution in [-0.4, -0.2) is 33.2 Å². The maximum Gasteiger partial charge on any atom is 0.185 e. The lowest BCUT2D eigenvalue weighted by molar-refractivity contribution is 0.426. The number of nitrogens with zero attached hydrogens (tertiary/aromatic N) is 3. The van der Waals surface area contributed by atoms with Gasteiger partial charge in [-0.05, 0) is 0 Å². The number of aryl methyl sites for hydroxylation is 1. The Morgan fingerprint density at radius 1 is 1.91 bits per heavy atom. The van der Waals surface area contributed by atoms with Crippen molar-refractivity contribution in [2.45, 2.75) is 11.3 Å². The first-order valence-electron chi connectivity index (χ1n) is 3.44. The summed E-state index contributed by atoms with van der Waals surface area (Å²) in [6, 6.07) is 0. The standard InChI is InChI=1S/C6H9N3OS/c1-9-6(7-4-8-9)11-3-5-2-10-5/h4-5H,2-3H2,1H3/t5-/m1/s1. The monoisotopic (exact) mass is 171 g/mol. The van der Waals surface area contributed by atoms with E-state index in [1.54, 1.807) is 22.8 Å². The minimum absolute atomic E-state index is 0.455. The first-order valence-corrected chi connectivity index (χ1v) is 4.43. The Hall–Kier alpha value is -0.550. The van der Waals surface area contributed by atoms with Crippen molar-refractivity contribution in [3.8, 4) is 0 Å². The van der Waals surface area contributed by atoms with Gasteiger partial charge < -0.3 is 4.74 Å². The van der Waals surface area contributed by atoms with Crippen molar-refractivity contribution in [3.63, 3.8) is 0 Å². The van der Waals surface area contributed by atoms with Crippen LogP contribution in [0.2, 0.25) is 0 Å². The fourth-order valence-corrected chi connectivity index (χ4v) is 1.63. The van der Waals surface area contributed by atoms with Crippen LogP contribution in [0, 0.1) is 0 Å². The highest BCUT2D eigenvalue weighted by Crippen LogP contribution is 2.20. The van der Waals surface area contributed by atoms with Gasteiger partial charge in [-0.2, -0.15) is 5.10 Å². The molecule has 0 N–H and O–H groups in total. The maximum absolute atomic E-state index is 5.07. The predicted molar refractivity (Wildman–Crippen MR) is 41.5 cm³/mol. The van der Waals surface area contributed by atoms with E-state index >= 15 is 0 Å². The van der Waals surface area contributed by atoms with Crippen LogP contribution in [0.15, 0.2) is 11.5 Å². The van der Waals surface area contributed by atoms with Gasteiger partial charge in [-0.15, -0.1) is 0 Å². The average Bonchev–Trinajstić information content (AvgIpc) is 2.73. The molecule has 0 aromatic carbocycles. The van der Waals surface area contributed by atoms with Crippen LogP contribution in [0.4, 0.5) is 0 Å². The van der Waals surface area contributed by atoms with Crippen LogP contribution in [0.25, 0.3) is 0 Å². The number of hydrogen-bond donors (Lipinski definition) is 0. The number of aromatic nitrogens is 3. The third-order valence-electron chi connectivity index (χ3n) is 1.47. The average molecular weight is 171 g/mol. The van der Waals surface area contributed by atoms with Crippen molar-refractivity contribution in [2.24, 2.45) is 7.05 Å². The maximum atomic E-state index is 5.07. The van der Waals surface area contributed by atoms with E-state index in [-0.39, 0.29) is 0 Å². The third kappa shape index (κ3) is 1.72. The van der Waals surface area contributed by atoms with Crippen LogP contribution in [0.1, 0.15) is 0 Å². The molecule has 1 aromatic rings. The summed E-state index contributed by atoms with van der Waals surface area (Å²) < 4.78 is 6.84. The second-order valence-electron chi connectivity index (χ2n) is 2.43. The van der Waals surface area contributed by atoms with Crippen molar-refractivity contribution in [1.82, 2.24) is 14.8 Å². The molecule has 2 heterocycles. The van der Waals surface area contributed by atoms with Crippen LogP contribution in [0.3, 0.4) is 0 Å². The number of thioether (sulfide) groups is 1. The van der Waals surface area contributed by atoms with Gasteiger partial charge >= 0.3 is 0 Å². The summed E-state index contributed by atoms with van der Waals surface area (Å²) in [7, 11) is 1.89. The van der Waals surface area contributed by atoms with Gasteiger partial charge in [0.05, 0.1) is 12.7 Å². The van der Waals surface area contributed by atoms with E-state index in [0.29, 0.717) is 6.10 Å². The van der Waals surface area contributed by atoms with Gasteiger partial charge in [-0.3, -0.25) is 0 Å². The summed E-state index contributed by atoms with van der Waals surface area (Å²) in [6.45, 7) is 0.908. The molecule has 1 aliphatic rings. The molecule has 5 heteroatoms. The minimum Gasteiger partial charge on any atom is -0.372 e. The summed E-state index contributed by atoms with van der Waals surface area (Å²) in [6.07, 6.45) is 2.02. The molecular weight excluding hydrogens is 162 g/mol. The van der Waals surface area contributed by atoms with Crippen molar-refractivity contribution in [2.75, 3.05) is 12.4 Å². The number of ether oxygens (including phenoxy) is 1. The summed E-state index contributed by atoms with van der Waals surface area (Å²) in [5, 5.41) is 4.92. The molecule has 0 spiro atoms. The van der Waals surface area contributed by atoms with Gasteiger partial charge in [0.2, 0.25) is 0 Å². The van der Waals surface area contributed by atoms with E-state index in [4.69, 9.17) is 4.74 Å². The zero-order chi connectivity index (χ0) is 7.68. The van der Waals surface area contributed by atoms with Gasteiger partial charge in [0, 0.05) is 12.8 Å². The third-order valence-corrected chi connectivity index (χ3v) is 2.64. The molecule has 0 saturated carbocycles. The van der Waals surface area contributed by atoms with E-state index in [1.807, 2.05) is 7.05 Å². The Labute approximate surface area is 68.9 Å². The lowest BCUT2D eigenvalue weighted by Gasteiger charge is -1.95. The Morgan fingerprint density at radius 2 is 2.73 bits per heavy atom. The van der Waals surface area contributed by atoms with Gasteiger partial charge in [0.15, 0.2) is 5.16 Å². The molecule has 1 aromatic heterocycles. The van der Waals surface area contributed by atoms with Gasteiger partial charge in [0.25, 0.3) is 0 Å². The highest BCUT2D eigenvalue weighted by molar-refractivity contribution is 7.99. The molecule has 1 aliphatic heterocycles. The van der Waals surface area contributed by atoms with Gasteiger partial charge in [-0.25, -0.2) is 9.67 Å². The molecule has 0 aliphatic carbocycles. The number of epoxide rings is 1. The van der Waals surface area contributed by atoms with Crippen molar-refractivity contribution in [1.29, 1.82) is 0 Å². The van der Waals surface area contributed by atoms with E-state index in [1.165, 1.54) is 0 Å². The highest BCUT2D eigenvalue weighted by atomic mass is 32.2. The second-order valence-corrected chi connectivity index (χ2v) is 3.42. The summed E-state index contributed by atoms with van der Waals surface area (Å²) in [5.74, 6) is 0.993. The van der Waals surface area contributed by atoms with Gasteiger partial charge in [0.1, 0.15) is 6.33 Å². The fraction of sp³-hybridized carbons (Fsp3) is 0.667. The lowest BCUT2D eigenvalue weighted by atomic mass is 10.6. The quantitative estimate of drug-likeness (QED) is 0.485. The SMILES string of the molecule is Cn1ncnc1SC[C@H]1CO1. The zero-order valence-electron chi connectivity index (χ0n) is 6.23. The molecular formula is C6H9N3OS. The highest BCUT2D eigenvalue weighted by Gasteiger charge is 2.22. The number of hydrogen-bond acceptors (Lipinski definition) is 4. The largest absolute Gasteiger partial charge is 0.372 e. The molecule has 1 fully saturated rings. The predicted octanol–water partition coefficient (Wildman–Crippen LogP) is 0.306. The smallest absolute Gasteiger partial charge is 0.185 e. The molecule has 0 amide bonds. The van der Waals surface area contributed by atoms with Crippen LogP contribution in [0.5, 0.6) is 0 Å². The molecule has 4 nitrogen and oxygen atoms in total. The zero-order valence-corrected chi connectivity index (χ0v) is 7.04. The molecule has 0 bridgehead atoms. The summed E-state index contributed by atoms with van der Waals surface area (Å²) in [4.78, 5) is 4.07. The van der Waals surface area contributed by atoms with Crippen LogP contribution in [-0.2, 0) is 11.8 Å². The van der Waals surface area contributed by atoms with E-state index in [0.717, 1.165) is 17.5 Å². The van der Waals surface area contributed by atoms with Gasteiger partial charge in [-0.1, -0.05) is 11.8 Å². The molecule has 0 unspecified atom stereocenters. The van der Waals surface area contributed by atoms with Crippen molar-refractivity contribution in [3.05, 3.63) is 6.33 Å². The molecule has 0 radical (unpaired) electrons. The Bertz CT molecular complexity index is 246. The van der Waals surface area contributed by atoms with Crippen LogP contribution < -0.4 is 0 Å². The second kappa shape index (κ2) is 2.83. The number of rotatable bonds is 3. The topological polar surface area (TPSA) is 43.2 Å². The van der Waals surface area contributed by atoms with Crippen LogP contribution >= 0.6 is 11.8 Å². The molecule has 1 atom stereocenters. The van der Waals surface area contributed by atoms with E-state index < -0.39 is 0 Å². The molecule has 2 rings (SSSR count). The van der Waals surface area contributed by atoms with E-state index in [9.17, 15) is 0 Å². The minimum atomic E-state index is 0.455. The van der Waals surface area contributed by atoms with Crippen molar-refractivity contribution < 1.29 is 4.74 Å². The molecule has 11 heavy (non-hydrogen) atoms. The first kappa shape index (κ1) is 7.12. The molecule has 60 valence electrons. The Kier molecular flexibility index (Phi) is 1.83. The normalized spacial score (nSPS) is 22.1. The van der Waals surface area contributed by atoms with E-state index in [2.05, 4.69) is 10.1 Å². The fourth-order valence-electron chi connectivity index (χ4n) is 0.748.